The SMILES string of the molecule is COc1ccc([N+](=O)[O-])cc1NC(=O)C(=O)N1CCN(c2ccc(F)cc2)CC1. The average Bonchev–Trinajstić information content (AvgIpc) is 2.73. The summed E-state index contributed by atoms with van der Waals surface area (Å²) >= 11 is 0. The first kappa shape index (κ1) is 20.1. The molecule has 0 atom stereocenters. The summed E-state index contributed by atoms with van der Waals surface area (Å²) in [6, 6.07) is 9.78. The maximum absolute atomic E-state index is 13.1. The number of rotatable bonds is 4. The van der Waals surface area contributed by atoms with Crippen LogP contribution in [0.1, 0.15) is 0 Å². The van der Waals surface area contributed by atoms with Gasteiger partial charge in [-0.15, -0.1) is 0 Å². The first-order valence-electron chi connectivity index (χ1n) is 8.82. The van der Waals surface area contributed by atoms with Crippen molar-refractivity contribution >= 4 is 28.9 Å². The Hall–Kier alpha value is -3.69. The monoisotopic (exact) mass is 402 g/mol. The summed E-state index contributed by atoms with van der Waals surface area (Å²) in [6.07, 6.45) is 0. The molecule has 3 rings (SSSR count). The number of anilines is 2. The van der Waals surface area contributed by atoms with Gasteiger partial charge in [0.2, 0.25) is 0 Å². The van der Waals surface area contributed by atoms with E-state index in [4.69, 9.17) is 4.74 Å². The van der Waals surface area contributed by atoms with Crippen molar-refractivity contribution in [1.82, 2.24) is 4.90 Å². The fourth-order valence-electron chi connectivity index (χ4n) is 3.05. The number of nitro groups is 1. The van der Waals surface area contributed by atoms with Crippen molar-refractivity contribution in [3.63, 3.8) is 0 Å². The molecule has 10 heteroatoms. The number of methoxy groups -OCH3 is 1. The van der Waals surface area contributed by atoms with E-state index in [9.17, 15) is 24.1 Å². The molecule has 1 fully saturated rings. The molecule has 0 spiro atoms. The van der Waals surface area contributed by atoms with Crippen LogP contribution in [0.2, 0.25) is 0 Å². The van der Waals surface area contributed by atoms with Gasteiger partial charge in [0.1, 0.15) is 11.6 Å². The molecule has 29 heavy (non-hydrogen) atoms. The van der Waals surface area contributed by atoms with Gasteiger partial charge in [0.25, 0.3) is 5.69 Å². The molecule has 9 nitrogen and oxygen atoms in total. The molecule has 1 aliphatic heterocycles. The van der Waals surface area contributed by atoms with E-state index in [1.165, 1.54) is 36.3 Å². The Balaban J connectivity index is 1.63. The Labute approximate surface area is 165 Å². The third-order valence-corrected chi connectivity index (χ3v) is 4.59. The van der Waals surface area contributed by atoms with Gasteiger partial charge in [-0.25, -0.2) is 4.39 Å². The molecule has 2 aromatic carbocycles. The smallest absolute Gasteiger partial charge is 0.314 e. The Kier molecular flexibility index (Phi) is 5.91. The van der Waals surface area contributed by atoms with Crippen LogP contribution in [0.3, 0.4) is 0 Å². The van der Waals surface area contributed by atoms with E-state index in [-0.39, 0.29) is 22.9 Å². The van der Waals surface area contributed by atoms with Crippen LogP contribution < -0.4 is 15.0 Å². The fourth-order valence-corrected chi connectivity index (χ4v) is 3.05. The molecule has 1 N–H and O–H groups in total. The van der Waals surface area contributed by atoms with Crippen LogP contribution in [0, 0.1) is 15.9 Å². The number of benzene rings is 2. The van der Waals surface area contributed by atoms with Crippen molar-refractivity contribution < 1.29 is 23.6 Å². The van der Waals surface area contributed by atoms with Crippen molar-refractivity contribution in [2.75, 3.05) is 43.5 Å². The second kappa shape index (κ2) is 8.55. The van der Waals surface area contributed by atoms with Crippen LogP contribution in [-0.2, 0) is 9.59 Å². The number of non-ortho nitro benzene ring substituents is 1. The van der Waals surface area contributed by atoms with E-state index < -0.39 is 16.7 Å². The van der Waals surface area contributed by atoms with E-state index in [0.29, 0.717) is 26.2 Å². The number of amides is 2. The lowest BCUT2D eigenvalue weighted by Gasteiger charge is -2.35. The lowest BCUT2D eigenvalue weighted by Crippen LogP contribution is -2.51. The first-order chi connectivity index (χ1) is 13.9. The Morgan fingerprint density at radius 2 is 1.76 bits per heavy atom. The number of hydrogen-bond acceptors (Lipinski definition) is 6. The highest BCUT2D eigenvalue weighted by atomic mass is 19.1. The zero-order chi connectivity index (χ0) is 21.0. The van der Waals surface area contributed by atoms with Gasteiger partial charge in [-0.2, -0.15) is 0 Å². The van der Waals surface area contributed by atoms with E-state index in [0.717, 1.165) is 11.8 Å². The van der Waals surface area contributed by atoms with Gasteiger partial charge in [0.05, 0.1) is 17.7 Å². The number of halogens is 1. The zero-order valence-electron chi connectivity index (χ0n) is 15.6. The topological polar surface area (TPSA) is 105 Å². The number of ether oxygens (including phenoxy) is 1. The summed E-state index contributed by atoms with van der Waals surface area (Å²) in [5.41, 5.74) is 0.649. The molecule has 0 aliphatic carbocycles. The van der Waals surface area contributed by atoms with Gasteiger partial charge in [-0.1, -0.05) is 0 Å². The summed E-state index contributed by atoms with van der Waals surface area (Å²) in [7, 11) is 1.35. The maximum Gasteiger partial charge on any atom is 0.314 e. The van der Waals surface area contributed by atoms with Crippen LogP contribution in [-0.4, -0.2) is 54.9 Å². The standard InChI is InChI=1S/C19H19FN4O5/c1-29-17-7-6-15(24(27)28)12-16(17)21-18(25)19(26)23-10-8-22(9-11-23)14-4-2-13(20)3-5-14/h2-7,12H,8-11H2,1H3,(H,21,25). The number of nitrogens with zero attached hydrogens (tertiary/aromatic N) is 3. The lowest BCUT2D eigenvalue weighted by molar-refractivity contribution is -0.384. The molecule has 1 heterocycles. The van der Waals surface area contributed by atoms with Gasteiger partial charge in [-0.05, 0) is 30.3 Å². The van der Waals surface area contributed by atoms with E-state index in [1.807, 2.05) is 4.90 Å². The Morgan fingerprint density at radius 3 is 2.34 bits per heavy atom. The van der Waals surface area contributed by atoms with E-state index in [1.54, 1.807) is 12.1 Å². The highest BCUT2D eigenvalue weighted by molar-refractivity contribution is 6.39. The van der Waals surface area contributed by atoms with Crippen molar-refractivity contribution in [3.8, 4) is 5.75 Å². The van der Waals surface area contributed by atoms with Gasteiger partial charge in [-0.3, -0.25) is 19.7 Å². The third-order valence-electron chi connectivity index (χ3n) is 4.59. The summed E-state index contributed by atoms with van der Waals surface area (Å²) < 4.78 is 18.1. The molecule has 2 amide bonds. The van der Waals surface area contributed by atoms with Crippen LogP contribution in [0.5, 0.6) is 5.75 Å². The van der Waals surface area contributed by atoms with Crippen molar-refractivity contribution in [3.05, 3.63) is 58.4 Å². The molecular weight excluding hydrogens is 383 g/mol. The molecule has 0 aromatic heterocycles. The van der Waals surface area contributed by atoms with Gasteiger partial charge < -0.3 is 19.9 Å². The lowest BCUT2D eigenvalue weighted by atomic mass is 10.2. The molecule has 152 valence electrons. The quantitative estimate of drug-likeness (QED) is 0.477. The molecule has 0 bridgehead atoms. The van der Waals surface area contributed by atoms with Gasteiger partial charge in [0, 0.05) is 44.0 Å². The molecule has 0 unspecified atom stereocenters. The number of nitro benzene ring substituents is 1. The van der Waals surface area contributed by atoms with Crippen LogP contribution in [0.15, 0.2) is 42.5 Å². The minimum absolute atomic E-state index is 0.0463. The highest BCUT2D eigenvalue weighted by Gasteiger charge is 2.27. The number of piperazine rings is 1. The minimum atomic E-state index is -0.904. The second-order valence-electron chi connectivity index (χ2n) is 6.35. The molecule has 1 aliphatic rings. The van der Waals surface area contributed by atoms with Crippen LogP contribution >= 0.6 is 0 Å². The molecular formula is C19H19FN4O5. The summed E-state index contributed by atoms with van der Waals surface area (Å²) in [5.74, 6) is -1.76. The van der Waals surface area contributed by atoms with E-state index >= 15 is 0 Å². The Morgan fingerprint density at radius 1 is 1.10 bits per heavy atom. The average molecular weight is 402 g/mol. The Bertz CT molecular complexity index is 927. The number of carbonyl (C=O) groups is 2. The maximum atomic E-state index is 13.1. The van der Waals surface area contributed by atoms with Crippen molar-refractivity contribution in [2.45, 2.75) is 0 Å². The number of hydrogen-bond donors (Lipinski definition) is 1. The predicted octanol–water partition coefficient (Wildman–Crippen LogP) is 2.03. The third kappa shape index (κ3) is 4.60. The summed E-state index contributed by atoms with van der Waals surface area (Å²) in [5, 5.41) is 13.3. The summed E-state index contributed by atoms with van der Waals surface area (Å²) in [6.45, 7) is 1.61. The highest BCUT2D eigenvalue weighted by Crippen LogP contribution is 2.29. The molecule has 2 aromatic rings. The first-order valence-corrected chi connectivity index (χ1v) is 8.82. The largest absolute Gasteiger partial charge is 0.495 e. The van der Waals surface area contributed by atoms with Crippen LogP contribution in [0.4, 0.5) is 21.5 Å². The second-order valence-corrected chi connectivity index (χ2v) is 6.35. The van der Waals surface area contributed by atoms with Crippen molar-refractivity contribution in [1.29, 1.82) is 0 Å². The molecule has 0 radical (unpaired) electrons. The molecule has 1 saturated heterocycles. The normalized spacial score (nSPS) is 13.7. The minimum Gasteiger partial charge on any atom is -0.495 e. The zero-order valence-corrected chi connectivity index (χ0v) is 15.6. The molecule has 0 saturated carbocycles. The predicted molar refractivity (Wildman–Crippen MR) is 103 cm³/mol. The fraction of sp³-hybridized carbons (Fsp3) is 0.263. The van der Waals surface area contributed by atoms with Gasteiger partial charge in [0.15, 0.2) is 0 Å². The summed E-state index contributed by atoms with van der Waals surface area (Å²) in [4.78, 5) is 38.6. The number of carbonyl (C=O) groups excluding carboxylic acids is 2. The van der Waals surface area contributed by atoms with Crippen LogP contribution in [0.25, 0.3) is 0 Å². The number of nitrogens with one attached hydrogen (secondary N) is 1. The van der Waals surface area contributed by atoms with Crippen molar-refractivity contribution in [2.24, 2.45) is 0 Å². The van der Waals surface area contributed by atoms with Gasteiger partial charge >= 0.3 is 11.8 Å². The van der Waals surface area contributed by atoms with E-state index in [2.05, 4.69) is 5.32 Å².